The number of nitrogens with zero attached hydrogens (tertiary/aromatic N) is 2. The first-order chi connectivity index (χ1) is 9.58. The normalized spacial score (nSPS) is 17.8. The zero-order chi connectivity index (χ0) is 14.7. The molecule has 1 aromatic carbocycles. The van der Waals surface area contributed by atoms with Crippen LogP contribution in [0.1, 0.15) is 24.2 Å². The SMILES string of the molecule is CCOC1=NN(c2ccc(C(C)=O)cc2)C(O)C1=C=O. The number of carbonyl (C=O) groups excluding carboxylic acids is 2. The molecule has 0 saturated heterocycles. The van der Waals surface area contributed by atoms with Crippen LogP contribution in [0.4, 0.5) is 5.69 Å². The Morgan fingerprint density at radius 3 is 2.60 bits per heavy atom. The highest BCUT2D eigenvalue weighted by Crippen LogP contribution is 2.26. The second-order valence-corrected chi connectivity index (χ2v) is 4.18. The van der Waals surface area contributed by atoms with Crippen LogP contribution in [-0.4, -0.2) is 35.6 Å². The second kappa shape index (κ2) is 5.69. The fraction of sp³-hybridized carbons (Fsp3) is 0.286. The molecule has 0 fully saturated rings. The minimum atomic E-state index is -1.24. The number of ketones is 1. The van der Waals surface area contributed by atoms with E-state index < -0.39 is 6.23 Å². The molecule has 6 heteroatoms. The van der Waals surface area contributed by atoms with Crippen LogP contribution in [0.15, 0.2) is 34.9 Å². The van der Waals surface area contributed by atoms with E-state index in [1.807, 2.05) is 0 Å². The topological polar surface area (TPSA) is 79.2 Å². The number of benzene rings is 1. The molecule has 1 heterocycles. The molecule has 1 unspecified atom stereocenters. The summed E-state index contributed by atoms with van der Waals surface area (Å²) in [5.41, 5.74) is 1.06. The predicted octanol–water partition coefficient (Wildman–Crippen LogP) is 1.14. The van der Waals surface area contributed by atoms with E-state index in [-0.39, 0.29) is 17.3 Å². The van der Waals surface area contributed by atoms with Crippen LogP contribution in [0.2, 0.25) is 0 Å². The van der Waals surface area contributed by atoms with E-state index in [9.17, 15) is 14.7 Å². The first-order valence-corrected chi connectivity index (χ1v) is 6.13. The zero-order valence-corrected chi connectivity index (χ0v) is 11.2. The lowest BCUT2D eigenvalue weighted by atomic mass is 10.1. The smallest absolute Gasteiger partial charge is 0.250 e. The van der Waals surface area contributed by atoms with Gasteiger partial charge in [0.2, 0.25) is 0 Å². The molecule has 1 aromatic rings. The lowest BCUT2D eigenvalue weighted by Crippen LogP contribution is -2.27. The summed E-state index contributed by atoms with van der Waals surface area (Å²) in [4.78, 5) is 22.1. The Hall–Kier alpha value is -2.43. The summed E-state index contributed by atoms with van der Waals surface area (Å²) in [5.74, 6) is 1.65. The molecule has 20 heavy (non-hydrogen) atoms. The summed E-state index contributed by atoms with van der Waals surface area (Å²) in [6, 6.07) is 6.53. The highest BCUT2D eigenvalue weighted by Gasteiger charge is 2.34. The molecule has 1 atom stereocenters. The molecule has 0 aromatic heterocycles. The summed E-state index contributed by atoms with van der Waals surface area (Å²) < 4.78 is 5.19. The van der Waals surface area contributed by atoms with Gasteiger partial charge in [0.25, 0.3) is 5.90 Å². The largest absolute Gasteiger partial charge is 0.476 e. The molecule has 1 N–H and O–H groups in total. The Labute approximate surface area is 116 Å². The van der Waals surface area contributed by atoms with E-state index in [0.29, 0.717) is 17.9 Å². The third kappa shape index (κ3) is 2.47. The highest BCUT2D eigenvalue weighted by atomic mass is 16.5. The molecule has 0 radical (unpaired) electrons. The summed E-state index contributed by atoms with van der Waals surface area (Å²) >= 11 is 0. The number of anilines is 1. The van der Waals surface area contributed by atoms with Gasteiger partial charge in [-0.1, -0.05) is 0 Å². The molecule has 6 nitrogen and oxygen atoms in total. The third-order valence-electron chi connectivity index (χ3n) is 2.85. The average molecular weight is 274 g/mol. The van der Waals surface area contributed by atoms with E-state index in [4.69, 9.17) is 4.74 Å². The number of Topliss-reactive ketones (excluding diaryl/α,β-unsaturated/α-hetero) is 1. The van der Waals surface area contributed by atoms with Crippen molar-refractivity contribution in [2.45, 2.75) is 20.1 Å². The van der Waals surface area contributed by atoms with Crippen molar-refractivity contribution in [1.82, 2.24) is 0 Å². The van der Waals surface area contributed by atoms with Crippen LogP contribution >= 0.6 is 0 Å². The van der Waals surface area contributed by atoms with Gasteiger partial charge in [0, 0.05) is 5.56 Å². The van der Waals surface area contributed by atoms with E-state index in [0.717, 1.165) is 0 Å². The van der Waals surface area contributed by atoms with Crippen molar-refractivity contribution in [3.63, 3.8) is 0 Å². The van der Waals surface area contributed by atoms with Gasteiger partial charge in [-0.05, 0) is 38.1 Å². The molecular weight excluding hydrogens is 260 g/mol. The minimum absolute atomic E-state index is 0.0394. The molecule has 1 aliphatic heterocycles. The minimum Gasteiger partial charge on any atom is -0.476 e. The number of carbonyl (C=O) groups is 1. The highest BCUT2D eigenvalue weighted by molar-refractivity contribution is 6.05. The van der Waals surface area contributed by atoms with E-state index >= 15 is 0 Å². The van der Waals surface area contributed by atoms with Gasteiger partial charge < -0.3 is 9.84 Å². The van der Waals surface area contributed by atoms with E-state index in [1.165, 1.54) is 11.9 Å². The zero-order valence-electron chi connectivity index (χ0n) is 11.2. The van der Waals surface area contributed by atoms with Gasteiger partial charge in [0.15, 0.2) is 17.6 Å². The number of aliphatic hydroxyl groups is 1. The summed E-state index contributed by atoms with van der Waals surface area (Å²) in [6.07, 6.45) is -1.24. The Bertz CT molecular complexity index is 600. The third-order valence-corrected chi connectivity index (χ3v) is 2.85. The molecule has 2 rings (SSSR count). The van der Waals surface area contributed by atoms with Crippen LogP contribution in [0.5, 0.6) is 0 Å². The standard InChI is InChI=1S/C14H14N2O4/c1-3-20-13-12(8-17)14(19)16(15-13)11-6-4-10(5-7-11)9(2)18/h4-7,14,19H,3H2,1-2H3. The van der Waals surface area contributed by atoms with E-state index in [2.05, 4.69) is 5.10 Å². The van der Waals surface area contributed by atoms with Crippen molar-refractivity contribution >= 4 is 23.3 Å². The van der Waals surface area contributed by atoms with Gasteiger partial charge in [-0.2, -0.15) is 0 Å². The Kier molecular flexibility index (Phi) is 3.98. The lowest BCUT2D eigenvalue weighted by Gasteiger charge is -2.17. The van der Waals surface area contributed by atoms with Crippen molar-refractivity contribution in [2.24, 2.45) is 5.10 Å². The lowest BCUT2D eigenvalue weighted by molar-refractivity contribution is 0.101. The Morgan fingerprint density at radius 1 is 1.45 bits per heavy atom. The number of hydrazone groups is 1. The van der Waals surface area contributed by atoms with Crippen molar-refractivity contribution in [3.05, 3.63) is 35.4 Å². The predicted molar refractivity (Wildman–Crippen MR) is 73.2 cm³/mol. The van der Waals surface area contributed by atoms with Gasteiger partial charge in [0.1, 0.15) is 5.94 Å². The number of hydrogen-bond acceptors (Lipinski definition) is 6. The fourth-order valence-electron chi connectivity index (χ4n) is 1.83. The van der Waals surface area contributed by atoms with Crippen molar-refractivity contribution in [2.75, 3.05) is 11.6 Å². The summed E-state index contributed by atoms with van der Waals surface area (Å²) in [7, 11) is 0. The molecule has 0 aliphatic carbocycles. The Morgan fingerprint density at radius 2 is 2.10 bits per heavy atom. The fourth-order valence-corrected chi connectivity index (χ4v) is 1.83. The molecular formula is C14H14N2O4. The summed E-state index contributed by atoms with van der Waals surface area (Å²) in [6.45, 7) is 3.55. The van der Waals surface area contributed by atoms with Gasteiger partial charge in [-0.25, -0.2) is 9.80 Å². The monoisotopic (exact) mass is 274 g/mol. The number of ether oxygens (including phenoxy) is 1. The maximum Gasteiger partial charge on any atom is 0.250 e. The van der Waals surface area contributed by atoms with Crippen LogP contribution in [0, 0.1) is 0 Å². The number of hydrogen-bond donors (Lipinski definition) is 1. The van der Waals surface area contributed by atoms with Crippen molar-refractivity contribution in [1.29, 1.82) is 0 Å². The molecule has 104 valence electrons. The van der Waals surface area contributed by atoms with Crippen LogP contribution in [0.3, 0.4) is 0 Å². The molecule has 0 amide bonds. The van der Waals surface area contributed by atoms with Gasteiger partial charge in [-0.15, -0.1) is 5.10 Å². The van der Waals surface area contributed by atoms with Crippen molar-refractivity contribution < 1.29 is 19.4 Å². The molecule has 0 saturated carbocycles. The van der Waals surface area contributed by atoms with Gasteiger partial charge >= 0.3 is 0 Å². The molecule has 0 bridgehead atoms. The molecule has 0 spiro atoms. The second-order valence-electron chi connectivity index (χ2n) is 4.18. The van der Waals surface area contributed by atoms with Crippen molar-refractivity contribution in [3.8, 4) is 0 Å². The first-order valence-electron chi connectivity index (χ1n) is 6.13. The quantitative estimate of drug-likeness (QED) is 0.660. The number of aliphatic hydroxyl groups excluding tert-OH is 1. The van der Waals surface area contributed by atoms with E-state index in [1.54, 1.807) is 37.1 Å². The van der Waals surface area contributed by atoms with Crippen LogP contribution in [0.25, 0.3) is 0 Å². The summed E-state index contributed by atoms with van der Waals surface area (Å²) in [5, 5.41) is 15.3. The molecule has 1 aliphatic rings. The number of rotatable bonds is 3. The average Bonchev–Trinajstić information content (AvgIpc) is 2.75. The maximum absolute atomic E-state index is 11.2. The van der Waals surface area contributed by atoms with Gasteiger partial charge in [0.05, 0.1) is 12.3 Å². The maximum atomic E-state index is 11.2. The van der Waals surface area contributed by atoms with Gasteiger partial charge in [-0.3, -0.25) is 4.79 Å². The van der Waals surface area contributed by atoms with Crippen LogP contribution < -0.4 is 5.01 Å². The van der Waals surface area contributed by atoms with Crippen LogP contribution in [-0.2, 0) is 9.53 Å². The first kappa shape index (κ1) is 14.0. The Balaban J connectivity index is 2.33.